The number of aryl methyl sites for hydroxylation is 1. The van der Waals surface area contributed by atoms with Crippen LogP contribution < -0.4 is 10.1 Å². The van der Waals surface area contributed by atoms with Crippen molar-refractivity contribution < 1.29 is 19.7 Å². The Bertz CT molecular complexity index is 1180. The molecule has 2 saturated carbocycles. The average Bonchev–Trinajstić information content (AvgIpc) is 3.60. The molecule has 3 heterocycles. The topological polar surface area (TPSA) is 94.9 Å². The van der Waals surface area contributed by atoms with Gasteiger partial charge < -0.3 is 20.3 Å². The molecule has 1 saturated heterocycles. The van der Waals surface area contributed by atoms with Crippen molar-refractivity contribution in [3.63, 3.8) is 0 Å². The minimum Gasteiger partial charge on any atom is -0.504 e. The molecule has 1 amide bonds. The molecule has 2 aliphatic heterocycles. The number of phenolic OH excluding ortho intramolecular Hbond substituents is 1. The van der Waals surface area contributed by atoms with Crippen molar-refractivity contribution in [3.8, 4) is 11.5 Å². The molecule has 2 aromatic rings. The van der Waals surface area contributed by atoms with Crippen LogP contribution in [0.1, 0.15) is 55.2 Å². The van der Waals surface area contributed by atoms with Gasteiger partial charge in [-0.05, 0) is 86.7 Å². The van der Waals surface area contributed by atoms with Crippen molar-refractivity contribution in [1.29, 1.82) is 0 Å². The summed E-state index contributed by atoms with van der Waals surface area (Å²) in [6, 6.07) is 7.47. The van der Waals surface area contributed by atoms with Gasteiger partial charge in [0.2, 0.25) is 5.91 Å². The molecule has 7 nitrogen and oxygen atoms in total. The van der Waals surface area contributed by atoms with Crippen LogP contribution in [0.4, 0.5) is 0 Å². The summed E-state index contributed by atoms with van der Waals surface area (Å²) in [6.07, 6.45) is 9.62. The molecule has 3 N–H and O–H groups in total. The van der Waals surface area contributed by atoms with Crippen LogP contribution in [0.2, 0.25) is 0 Å². The Balaban J connectivity index is 0.00000140. The van der Waals surface area contributed by atoms with Crippen LogP contribution in [0.15, 0.2) is 36.7 Å². The lowest BCUT2D eigenvalue weighted by molar-refractivity contribution is -0.192. The average molecular weight is 549 g/mol. The van der Waals surface area contributed by atoms with Crippen LogP contribution >= 0.6 is 24.8 Å². The number of nitrogens with one attached hydrogen (secondary N) is 1. The minimum absolute atomic E-state index is 0. The molecule has 2 bridgehead atoms. The van der Waals surface area contributed by atoms with E-state index in [2.05, 4.69) is 15.2 Å². The number of likely N-dealkylation sites (tertiary alicyclic amines) is 1. The quantitative estimate of drug-likeness (QED) is 0.513. The van der Waals surface area contributed by atoms with E-state index < -0.39 is 11.0 Å². The second kappa shape index (κ2) is 9.60. The molecule has 5 atom stereocenters. The summed E-state index contributed by atoms with van der Waals surface area (Å²) >= 11 is 0. The lowest BCUT2D eigenvalue weighted by Gasteiger charge is -2.64. The number of benzene rings is 1. The van der Waals surface area contributed by atoms with Crippen LogP contribution in [-0.4, -0.2) is 62.9 Å². The molecule has 1 aromatic heterocycles. The molecular weight excluding hydrogens is 513 g/mol. The molecule has 1 spiro atoms. The van der Waals surface area contributed by atoms with Gasteiger partial charge >= 0.3 is 0 Å². The highest BCUT2D eigenvalue weighted by Gasteiger charge is 2.73. The first-order valence-electron chi connectivity index (χ1n) is 13.2. The Hall–Kier alpha value is -2.06. The van der Waals surface area contributed by atoms with Gasteiger partial charge in [0.15, 0.2) is 11.5 Å². The number of hydrogen-bond donors (Lipinski definition) is 3. The van der Waals surface area contributed by atoms with Crippen molar-refractivity contribution >= 4 is 30.7 Å². The number of hydrogen-bond acceptors (Lipinski definition) is 6. The second-order valence-corrected chi connectivity index (χ2v) is 11.4. The fourth-order valence-electron chi connectivity index (χ4n) is 7.72. The van der Waals surface area contributed by atoms with Gasteiger partial charge in [-0.25, -0.2) is 0 Å². The number of phenols is 1. The molecule has 0 radical (unpaired) electrons. The number of pyridine rings is 1. The van der Waals surface area contributed by atoms with Gasteiger partial charge in [0.05, 0.1) is 17.1 Å². The molecule has 3 aliphatic carbocycles. The SMILES string of the molecule is Cl.Cl.O=C(CCc1ccncc1)N[C@@H]1CC[C@@]2(O)[C@H]3Cc4ccc(O)c5c4[C@@]2(CCN3CC2CC2)[C@H]1O5. The monoisotopic (exact) mass is 547 g/mol. The molecule has 0 unspecified atom stereocenters. The Kier molecular flexibility index (Phi) is 6.89. The number of aliphatic hydroxyl groups is 1. The van der Waals surface area contributed by atoms with E-state index in [1.807, 2.05) is 18.2 Å². The molecule has 9 heteroatoms. The van der Waals surface area contributed by atoms with Gasteiger partial charge in [-0.15, -0.1) is 24.8 Å². The van der Waals surface area contributed by atoms with Crippen LogP contribution in [-0.2, 0) is 23.1 Å². The normalized spacial score (nSPS) is 32.8. The van der Waals surface area contributed by atoms with Gasteiger partial charge in [-0.1, -0.05) is 6.07 Å². The summed E-state index contributed by atoms with van der Waals surface area (Å²) in [4.78, 5) is 19.6. The van der Waals surface area contributed by atoms with Crippen LogP contribution in [0.3, 0.4) is 0 Å². The van der Waals surface area contributed by atoms with Gasteiger partial charge in [-0.2, -0.15) is 0 Å². The summed E-state index contributed by atoms with van der Waals surface area (Å²) in [5, 5.41) is 26.5. The highest BCUT2D eigenvalue weighted by Crippen LogP contribution is 2.65. The lowest BCUT2D eigenvalue weighted by atomic mass is 9.48. The maximum atomic E-state index is 13.0. The van der Waals surface area contributed by atoms with E-state index in [-0.39, 0.29) is 54.7 Å². The largest absolute Gasteiger partial charge is 0.504 e. The number of amides is 1. The van der Waals surface area contributed by atoms with E-state index in [1.54, 1.807) is 18.5 Å². The Morgan fingerprint density at radius 1 is 1.14 bits per heavy atom. The second-order valence-electron chi connectivity index (χ2n) is 11.4. The Morgan fingerprint density at radius 2 is 1.92 bits per heavy atom. The number of carbonyl (C=O) groups excluding carboxylic acids is 1. The molecule has 37 heavy (non-hydrogen) atoms. The van der Waals surface area contributed by atoms with Crippen molar-refractivity contribution in [2.75, 3.05) is 13.1 Å². The standard InChI is InChI=1S/C28H33N3O4.2ClH/c32-21-5-4-19-15-22-28(34)10-7-20(30-23(33)6-3-17-8-12-29-13-9-17)26-27(28,24(19)25(21)35-26)11-14-31(22)16-18-1-2-18;;/h4-5,8-9,12-13,18,20,22,26,32,34H,1-3,6-7,10-11,14-16H2,(H,30,33);2*1H/t20-,22-,26+,27+,28-;;/m1../s1. The lowest BCUT2D eigenvalue weighted by Crippen LogP contribution is -2.78. The highest BCUT2D eigenvalue weighted by atomic mass is 35.5. The van der Waals surface area contributed by atoms with E-state index >= 15 is 0 Å². The van der Waals surface area contributed by atoms with Gasteiger partial charge in [0.1, 0.15) is 6.10 Å². The summed E-state index contributed by atoms with van der Waals surface area (Å²) in [6.45, 7) is 1.98. The molecular formula is C28H35Cl2N3O4. The maximum absolute atomic E-state index is 13.0. The zero-order valence-electron chi connectivity index (χ0n) is 20.8. The third kappa shape index (κ3) is 3.92. The van der Waals surface area contributed by atoms with E-state index in [9.17, 15) is 15.0 Å². The fraction of sp³-hybridized carbons (Fsp3) is 0.571. The van der Waals surface area contributed by atoms with Crippen molar-refractivity contribution in [2.24, 2.45) is 5.92 Å². The molecule has 7 rings (SSSR count). The van der Waals surface area contributed by atoms with E-state index in [0.717, 1.165) is 43.0 Å². The third-order valence-corrected chi connectivity index (χ3v) is 9.50. The van der Waals surface area contributed by atoms with Crippen molar-refractivity contribution in [1.82, 2.24) is 15.2 Å². The first-order chi connectivity index (χ1) is 17.0. The summed E-state index contributed by atoms with van der Waals surface area (Å²) in [5.74, 6) is 1.42. The van der Waals surface area contributed by atoms with Crippen LogP contribution in [0, 0.1) is 5.92 Å². The predicted octanol–water partition coefficient (Wildman–Crippen LogP) is 3.31. The van der Waals surface area contributed by atoms with Crippen LogP contribution in [0.25, 0.3) is 0 Å². The number of rotatable bonds is 6. The fourth-order valence-corrected chi connectivity index (χ4v) is 7.72. The highest BCUT2D eigenvalue weighted by molar-refractivity contribution is 5.85. The summed E-state index contributed by atoms with van der Waals surface area (Å²) in [7, 11) is 0. The van der Waals surface area contributed by atoms with E-state index in [0.29, 0.717) is 31.4 Å². The van der Waals surface area contributed by atoms with E-state index in [4.69, 9.17) is 4.74 Å². The number of piperidine rings is 1. The molecule has 5 aliphatic rings. The molecule has 200 valence electrons. The van der Waals surface area contributed by atoms with E-state index in [1.165, 1.54) is 18.4 Å². The Morgan fingerprint density at radius 3 is 2.68 bits per heavy atom. The van der Waals surface area contributed by atoms with Gasteiger partial charge in [0, 0.05) is 37.0 Å². The number of aromatic hydroxyl groups is 1. The smallest absolute Gasteiger partial charge is 0.220 e. The number of carbonyl (C=O) groups is 1. The number of aromatic nitrogens is 1. The minimum atomic E-state index is -0.922. The Labute approximate surface area is 229 Å². The molecule has 1 aromatic carbocycles. The number of ether oxygens (including phenoxy) is 1. The zero-order valence-corrected chi connectivity index (χ0v) is 22.4. The zero-order chi connectivity index (χ0) is 23.8. The van der Waals surface area contributed by atoms with Crippen molar-refractivity contribution in [2.45, 2.75) is 80.6 Å². The summed E-state index contributed by atoms with van der Waals surface area (Å²) in [5.41, 5.74) is 1.75. The van der Waals surface area contributed by atoms with Gasteiger partial charge in [-0.3, -0.25) is 14.7 Å². The maximum Gasteiger partial charge on any atom is 0.220 e. The first-order valence-corrected chi connectivity index (χ1v) is 13.2. The first kappa shape index (κ1) is 26.5. The van der Waals surface area contributed by atoms with Crippen molar-refractivity contribution in [3.05, 3.63) is 53.3 Å². The third-order valence-electron chi connectivity index (χ3n) is 9.50. The van der Waals surface area contributed by atoms with Crippen LogP contribution in [0.5, 0.6) is 11.5 Å². The molecule has 3 fully saturated rings. The summed E-state index contributed by atoms with van der Waals surface area (Å²) < 4.78 is 6.53. The van der Waals surface area contributed by atoms with Gasteiger partial charge in [0.25, 0.3) is 0 Å². The number of nitrogens with zero attached hydrogens (tertiary/aromatic N) is 2. The number of halogens is 2. The predicted molar refractivity (Wildman–Crippen MR) is 144 cm³/mol.